The second kappa shape index (κ2) is 10.6. The van der Waals surface area contributed by atoms with Crippen LogP contribution >= 0.6 is 0 Å². The average molecular weight is 480 g/mol. The molecular weight excluding hydrogens is 430 g/mol. The molecule has 1 heterocycles. The minimum Gasteiger partial charge on any atom is -0.508 e. The van der Waals surface area contributed by atoms with Crippen LogP contribution in [0.1, 0.15) is 107 Å². The van der Waals surface area contributed by atoms with Crippen molar-refractivity contribution < 1.29 is 10.2 Å². The van der Waals surface area contributed by atoms with Crippen LogP contribution in [0.4, 0.5) is 0 Å². The summed E-state index contributed by atoms with van der Waals surface area (Å²) in [5, 5.41) is 21.3. The number of unbranched alkanes of at least 4 members (excludes halogenated alkanes) is 4. The van der Waals surface area contributed by atoms with Gasteiger partial charge in [0.15, 0.2) is 0 Å². The highest BCUT2D eigenvalue weighted by atomic mass is 16.3. The summed E-state index contributed by atoms with van der Waals surface area (Å²) in [5.74, 6) is 1.97. The molecule has 2 saturated carbocycles. The lowest BCUT2D eigenvalue weighted by Crippen LogP contribution is -2.54. The van der Waals surface area contributed by atoms with Crippen LogP contribution in [-0.4, -0.2) is 40.9 Å². The van der Waals surface area contributed by atoms with Gasteiger partial charge < -0.3 is 15.1 Å². The lowest BCUT2D eigenvalue weighted by atomic mass is 9.44. The van der Waals surface area contributed by atoms with Crippen LogP contribution in [0, 0.1) is 22.7 Å². The van der Waals surface area contributed by atoms with Crippen molar-refractivity contribution >= 4 is 0 Å². The summed E-state index contributed by atoms with van der Waals surface area (Å²) in [5.41, 5.74) is 2.90. The molecular formula is C32H49NO2. The zero-order valence-electron chi connectivity index (χ0n) is 22.2. The van der Waals surface area contributed by atoms with E-state index in [4.69, 9.17) is 0 Å². The number of piperidine rings is 1. The van der Waals surface area contributed by atoms with Gasteiger partial charge in [0, 0.05) is 0 Å². The van der Waals surface area contributed by atoms with Crippen LogP contribution in [0.3, 0.4) is 0 Å². The highest BCUT2D eigenvalue weighted by molar-refractivity contribution is 5.43. The molecule has 0 bridgehead atoms. The number of aryl methyl sites for hydroxylation is 1. The number of nitrogens with zero attached hydrogens (tertiary/aromatic N) is 1. The monoisotopic (exact) mass is 479 g/mol. The second-order valence-electron chi connectivity index (χ2n) is 12.8. The Bertz CT molecular complexity index is 876. The lowest BCUT2D eigenvalue weighted by molar-refractivity contribution is -0.0812. The summed E-state index contributed by atoms with van der Waals surface area (Å²) in [6.45, 7) is 10.8. The maximum Gasteiger partial charge on any atom is 0.115 e. The van der Waals surface area contributed by atoms with Crippen molar-refractivity contribution in [1.29, 1.82) is 0 Å². The summed E-state index contributed by atoms with van der Waals surface area (Å²) in [4.78, 5) is 2.67. The molecule has 194 valence electrons. The quantitative estimate of drug-likeness (QED) is 0.290. The highest BCUT2D eigenvalue weighted by Gasteiger charge is 2.63. The molecule has 3 fully saturated rings. The molecule has 35 heavy (non-hydrogen) atoms. The first-order valence-electron chi connectivity index (χ1n) is 14.8. The van der Waals surface area contributed by atoms with Crippen LogP contribution < -0.4 is 0 Å². The number of aliphatic hydroxyl groups excluding tert-OH is 1. The van der Waals surface area contributed by atoms with Crippen LogP contribution in [0.15, 0.2) is 30.9 Å². The molecule has 2 N–H and O–H groups in total. The van der Waals surface area contributed by atoms with Gasteiger partial charge >= 0.3 is 0 Å². The summed E-state index contributed by atoms with van der Waals surface area (Å²) in [6.07, 6.45) is 19.6. The number of allylic oxidation sites excluding steroid dienone is 1. The molecule has 3 heteroatoms. The van der Waals surface area contributed by atoms with E-state index >= 15 is 0 Å². The van der Waals surface area contributed by atoms with Crippen molar-refractivity contribution in [3.8, 4) is 5.75 Å². The van der Waals surface area contributed by atoms with Gasteiger partial charge in [-0.25, -0.2) is 0 Å². The summed E-state index contributed by atoms with van der Waals surface area (Å²) >= 11 is 0. The van der Waals surface area contributed by atoms with E-state index in [0.29, 0.717) is 23.5 Å². The summed E-state index contributed by atoms with van der Waals surface area (Å²) in [7, 11) is 0. The Morgan fingerprint density at radius 1 is 1.06 bits per heavy atom. The Morgan fingerprint density at radius 3 is 2.63 bits per heavy atom. The van der Waals surface area contributed by atoms with Crippen molar-refractivity contribution in [2.75, 3.05) is 19.6 Å². The number of phenols is 1. The van der Waals surface area contributed by atoms with Crippen molar-refractivity contribution in [2.24, 2.45) is 22.7 Å². The first kappa shape index (κ1) is 25.3. The van der Waals surface area contributed by atoms with E-state index in [-0.39, 0.29) is 16.9 Å². The minimum absolute atomic E-state index is 0.0121. The van der Waals surface area contributed by atoms with Crippen LogP contribution in [0.2, 0.25) is 0 Å². The van der Waals surface area contributed by atoms with Crippen molar-refractivity contribution in [3.63, 3.8) is 0 Å². The van der Waals surface area contributed by atoms with Gasteiger partial charge in [0.25, 0.3) is 0 Å². The highest BCUT2D eigenvalue weighted by Crippen LogP contribution is 2.69. The van der Waals surface area contributed by atoms with Gasteiger partial charge in [0.05, 0.1) is 6.10 Å². The number of rotatable bonds is 9. The molecule has 3 aliphatic carbocycles. The molecule has 4 aliphatic rings. The molecule has 1 saturated heterocycles. The molecule has 1 unspecified atom stereocenters. The van der Waals surface area contributed by atoms with Gasteiger partial charge in [-0.3, -0.25) is 0 Å². The molecule has 6 atom stereocenters. The summed E-state index contributed by atoms with van der Waals surface area (Å²) < 4.78 is 0. The third-order valence-corrected chi connectivity index (χ3v) is 10.9. The van der Waals surface area contributed by atoms with Crippen molar-refractivity contribution in [2.45, 2.75) is 109 Å². The van der Waals surface area contributed by atoms with Gasteiger partial charge in [0.1, 0.15) is 5.75 Å². The molecule has 0 amide bonds. The standard InChI is InChI=1S/C32H49NO2/c1-3-32-18-17-24-22-26(34)13-14-27(24)30(32)25(23-31(2)28(32)15-16-29(31)35)12-8-5-4-6-9-19-33-20-10-7-11-21-33/h3,13-14,22,25,28-30,34-35H,1,4-12,15-21,23H2,2H3/t25-,28+,29-,30+,31-,32?/m0/s1. The molecule has 1 aliphatic heterocycles. The predicted octanol–water partition coefficient (Wildman–Crippen LogP) is 7.22. The minimum atomic E-state index is -0.177. The van der Waals surface area contributed by atoms with Crippen LogP contribution in [-0.2, 0) is 6.42 Å². The van der Waals surface area contributed by atoms with Gasteiger partial charge in [-0.05, 0) is 129 Å². The topological polar surface area (TPSA) is 43.7 Å². The zero-order valence-corrected chi connectivity index (χ0v) is 22.2. The van der Waals surface area contributed by atoms with E-state index in [1.165, 1.54) is 88.5 Å². The number of aliphatic hydroxyl groups is 1. The first-order chi connectivity index (χ1) is 17.0. The number of likely N-dealkylation sites (tertiary alicyclic amines) is 1. The fourth-order valence-electron chi connectivity index (χ4n) is 9.15. The molecule has 0 spiro atoms. The number of benzene rings is 1. The second-order valence-corrected chi connectivity index (χ2v) is 12.8. The van der Waals surface area contributed by atoms with Gasteiger partial charge in [-0.15, -0.1) is 6.58 Å². The van der Waals surface area contributed by atoms with E-state index in [1.54, 1.807) is 0 Å². The van der Waals surface area contributed by atoms with Gasteiger partial charge in [0.2, 0.25) is 0 Å². The smallest absolute Gasteiger partial charge is 0.115 e. The maximum atomic E-state index is 11.1. The molecule has 0 aromatic heterocycles. The van der Waals surface area contributed by atoms with Gasteiger partial charge in [-0.1, -0.05) is 51.2 Å². The first-order valence-corrected chi connectivity index (χ1v) is 14.8. The number of phenolic OH excluding ortho intramolecular Hbond substituents is 1. The third kappa shape index (κ3) is 4.73. The molecule has 5 rings (SSSR count). The maximum absolute atomic E-state index is 11.1. The predicted molar refractivity (Wildman–Crippen MR) is 145 cm³/mol. The van der Waals surface area contributed by atoms with Gasteiger partial charge in [-0.2, -0.15) is 0 Å². The van der Waals surface area contributed by atoms with E-state index in [0.717, 1.165) is 32.1 Å². The van der Waals surface area contributed by atoms with Crippen molar-refractivity contribution in [3.05, 3.63) is 42.0 Å². The fraction of sp³-hybridized carbons (Fsp3) is 0.750. The molecule has 3 nitrogen and oxygen atoms in total. The Kier molecular flexibility index (Phi) is 7.66. The normalized spacial score (nSPS) is 36.9. The van der Waals surface area contributed by atoms with E-state index in [1.807, 2.05) is 12.1 Å². The molecule has 0 radical (unpaired) electrons. The number of aromatic hydroxyl groups is 1. The Hall–Kier alpha value is -1.32. The van der Waals surface area contributed by atoms with E-state index in [9.17, 15) is 10.2 Å². The number of hydrogen-bond donors (Lipinski definition) is 2. The lowest BCUT2D eigenvalue weighted by Gasteiger charge is -2.60. The Morgan fingerprint density at radius 2 is 1.83 bits per heavy atom. The Balaban J connectivity index is 1.26. The number of fused-ring (bicyclic) bond motifs is 5. The molecule has 1 aromatic rings. The third-order valence-electron chi connectivity index (χ3n) is 10.9. The van der Waals surface area contributed by atoms with Crippen LogP contribution in [0.25, 0.3) is 0 Å². The van der Waals surface area contributed by atoms with Crippen molar-refractivity contribution in [1.82, 2.24) is 4.90 Å². The van der Waals surface area contributed by atoms with E-state index < -0.39 is 0 Å². The zero-order chi connectivity index (χ0) is 24.5. The average Bonchev–Trinajstić information content (AvgIpc) is 3.17. The van der Waals surface area contributed by atoms with E-state index in [2.05, 4.69) is 30.5 Å². The molecule has 1 aromatic carbocycles. The van der Waals surface area contributed by atoms with Crippen LogP contribution in [0.5, 0.6) is 5.75 Å². The summed E-state index contributed by atoms with van der Waals surface area (Å²) in [6, 6.07) is 6.13. The largest absolute Gasteiger partial charge is 0.508 e. The fourth-order valence-corrected chi connectivity index (χ4v) is 9.15. The Labute approximate surface area is 214 Å². The number of hydrogen-bond acceptors (Lipinski definition) is 3. The SMILES string of the molecule is C=CC12CCc3cc(O)ccc3[C@H]1[C@@H](CCCCCCCN1CCCCC1)C[C@]1(C)[C@@H](O)CC[C@@H]21.